The molecule has 1 rings (SSSR count). The molecule has 1 aromatic carbocycles. The predicted octanol–water partition coefficient (Wildman–Crippen LogP) is 4.16. The maximum atomic E-state index is 11.6. The minimum absolute atomic E-state index is 0. The Balaban J connectivity index is 0.00000729. The van der Waals surface area contributed by atoms with Crippen LogP contribution in [-0.4, -0.2) is 38.2 Å². The summed E-state index contributed by atoms with van der Waals surface area (Å²) in [5, 5.41) is 9.51. The summed E-state index contributed by atoms with van der Waals surface area (Å²) in [5.74, 6) is 0.817. The van der Waals surface area contributed by atoms with Gasteiger partial charge in [0, 0.05) is 32.3 Å². The van der Waals surface area contributed by atoms with E-state index in [1.807, 2.05) is 38.1 Å². The molecule has 0 fully saturated rings. The molecule has 0 saturated heterocycles. The van der Waals surface area contributed by atoms with Crippen LogP contribution in [0.15, 0.2) is 29.3 Å². The summed E-state index contributed by atoms with van der Waals surface area (Å²) in [6, 6.07) is 7.81. The molecule has 1 amide bonds. The Bertz CT molecular complexity index is 597. The van der Waals surface area contributed by atoms with Crippen molar-refractivity contribution in [1.82, 2.24) is 10.6 Å². The number of carbonyl (C=O) groups is 1. The van der Waals surface area contributed by atoms with Crippen LogP contribution in [0.4, 0.5) is 5.69 Å². The number of amides is 1. The Morgan fingerprint density at radius 2 is 1.79 bits per heavy atom. The Hall–Kier alpha value is -1.35. The zero-order valence-corrected chi connectivity index (χ0v) is 20.4. The fourth-order valence-electron chi connectivity index (χ4n) is 2.59. The van der Waals surface area contributed by atoms with Crippen LogP contribution < -0.4 is 16.0 Å². The van der Waals surface area contributed by atoms with Gasteiger partial charge in [-0.25, -0.2) is 4.99 Å². The second kappa shape index (κ2) is 13.8. The number of ether oxygens (including phenoxy) is 1. The van der Waals surface area contributed by atoms with E-state index in [2.05, 4.69) is 41.7 Å². The molecule has 0 spiro atoms. The molecule has 160 valence electrons. The number of hydrogen-bond donors (Lipinski definition) is 3. The molecule has 0 aliphatic heterocycles. The van der Waals surface area contributed by atoms with Gasteiger partial charge >= 0.3 is 0 Å². The van der Waals surface area contributed by atoms with Crippen molar-refractivity contribution >= 4 is 41.5 Å². The van der Waals surface area contributed by atoms with Gasteiger partial charge in [-0.15, -0.1) is 24.0 Å². The second-order valence-electron chi connectivity index (χ2n) is 7.66. The van der Waals surface area contributed by atoms with Gasteiger partial charge in [0.25, 0.3) is 0 Å². The van der Waals surface area contributed by atoms with E-state index >= 15 is 0 Å². The number of methoxy groups -OCH3 is 1. The van der Waals surface area contributed by atoms with E-state index < -0.39 is 0 Å². The molecule has 28 heavy (non-hydrogen) atoms. The van der Waals surface area contributed by atoms with Gasteiger partial charge in [-0.1, -0.05) is 39.8 Å². The van der Waals surface area contributed by atoms with Crippen molar-refractivity contribution in [3.05, 3.63) is 29.8 Å². The fourth-order valence-corrected chi connectivity index (χ4v) is 2.59. The minimum atomic E-state index is 0. The average Bonchev–Trinajstić information content (AvgIpc) is 2.60. The lowest BCUT2D eigenvalue weighted by atomic mass is 9.89. The van der Waals surface area contributed by atoms with Crippen molar-refractivity contribution in [3.63, 3.8) is 0 Å². The number of anilines is 1. The highest BCUT2D eigenvalue weighted by molar-refractivity contribution is 14.0. The molecular formula is C21H37IN4O2. The predicted molar refractivity (Wildman–Crippen MR) is 128 cm³/mol. The molecule has 0 heterocycles. The topological polar surface area (TPSA) is 74.8 Å². The summed E-state index contributed by atoms with van der Waals surface area (Å²) < 4.78 is 5.59. The number of halogens is 1. The van der Waals surface area contributed by atoms with Gasteiger partial charge in [-0.3, -0.25) is 4.79 Å². The van der Waals surface area contributed by atoms with E-state index in [9.17, 15) is 4.79 Å². The Kier molecular flexibility index (Phi) is 13.1. The molecule has 0 aliphatic rings. The van der Waals surface area contributed by atoms with Gasteiger partial charge in [-0.05, 0) is 36.5 Å². The first-order chi connectivity index (χ1) is 12.8. The highest BCUT2D eigenvalue weighted by atomic mass is 127. The van der Waals surface area contributed by atoms with Crippen molar-refractivity contribution in [1.29, 1.82) is 0 Å². The van der Waals surface area contributed by atoms with Crippen LogP contribution in [0, 0.1) is 5.41 Å². The third kappa shape index (κ3) is 10.3. The zero-order valence-electron chi connectivity index (χ0n) is 18.1. The van der Waals surface area contributed by atoms with Crippen LogP contribution in [0.3, 0.4) is 0 Å². The van der Waals surface area contributed by atoms with Gasteiger partial charge in [-0.2, -0.15) is 0 Å². The number of carbonyl (C=O) groups excluding carboxylic acids is 1. The minimum Gasteiger partial charge on any atom is -0.379 e. The molecule has 3 N–H and O–H groups in total. The Labute approximate surface area is 187 Å². The van der Waals surface area contributed by atoms with E-state index in [1.165, 1.54) is 0 Å². The smallest absolute Gasteiger partial charge is 0.224 e. The lowest BCUT2D eigenvalue weighted by Gasteiger charge is -2.30. The lowest BCUT2D eigenvalue weighted by molar-refractivity contribution is -0.116. The Morgan fingerprint density at radius 1 is 1.14 bits per heavy atom. The SMILES string of the molecule is CCCC(=O)Nc1ccc(CN=C(NCC)NCC(OC)C(C)(C)C)cc1.I. The number of rotatable bonds is 9. The molecule has 6 nitrogen and oxygen atoms in total. The molecule has 0 aromatic heterocycles. The van der Waals surface area contributed by atoms with Gasteiger partial charge in [0.05, 0.1) is 12.6 Å². The monoisotopic (exact) mass is 504 g/mol. The van der Waals surface area contributed by atoms with E-state index in [-0.39, 0.29) is 41.4 Å². The third-order valence-corrected chi connectivity index (χ3v) is 4.18. The van der Waals surface area contributed by atoms with Crippen LogP contribution in [0.1, 0.15) is 53.0 Å². The van der Waals surface area contributed by atoms with E-state index in [1.54, 1.807) is 7.11 Å². The summed E-state index contributed by atoms with van der Waals surface area (Å²) in [6.07, 6.45) is 1.48. The molecule has 7 heteroatoms. The normalized spacial score (nSPS) is 12.7. The van der Waals surface area contributed by atoms with Gasteiger partial charge in [0.1, 0.15) is 0 Å². The quantitative estimate of drug-likeness (QED) is 0.268. The van der Waals surface area contributed by atoms with Gasteiger partial charge < -0.3 is 20.7 Å². The average molecular weight is 504 g/mol. The Morgan fingerprint density at radius 3 is 2.29 bits per heavy atom. The fraction of sp³-hybridized carbons (Fsp3) is 0.619. The molecular weight excluding hydrogens is 467 g/mol. The highest BCUT2D eigenvalue weighted by Gasteiger charge is 2.24. The van der Waals surface area contributed by atoms with Crippen LogP contribution in [0.2, 0.25) is 0 Å². The van der Waals surface area contributed by atoms with Crippen LogP contribution in [0.25, 0.3) is 0 Å². The van der Waals surface area contributed by atoms with E-state index in [0.29, 0.717) is 19.5 Å². The summed E-state index contributed by atoms with van der Waals surface area (Å²) >= 11 is 0. The number of hydrogen-bond acceptors (Lipinski definition) is 3. The lowest BCUT2D eigenvalue weighted by Crippen LogP contribution is -2.45. The first-order valence-electron chi connectivity index (χ1n) is 9.73. The third-order valence-electron chi connectivity index (χ3n) is 4.18. The van der Waals surface area contributed by atoms with Gasteiger partial charge in [0.15, 0.2) is 5.96 Å². The molecule has 1 aromatic rings. The number of benzene rings is 1. The first kappa shape index (κ1) is 26.6. The van der Waals surface area contributed by atoms with Crippen molar-refractivity contribution in [2.75, 3.05) is 25.5 Å². The summed E-state index contributed by atoms with van der Waals surface area (Å²) in [6.45, 7) is 12.6. The first-order valence-corrected chi connectivity index (χ1v) is 9.73. The van der Waals surface area contributed by atoms with Crippen molar-refractivity contribution in [2.24, 2.45) is 10.4 Å². The number of nitrogens with zero attached hydrogens (tertiary/aromatic N) is 1. The molecule has 0 aliphatic carbocycles. The van der Waals surface area contributed by atoms with Crippen molar-refractivity contribution < 1.29 is 9.53 Å². The van der Waals surface area contributed by atoms with Crippen LogP contribution in [0.5, 0.6) is 0 Å². The van der Waals surface area contributed by atoms with Crippen molar-refractivity contribution in [3.8, 4) is 0 Å². The molecule has 0 bridgehead atoms. The zero-order chi connectivity index (χ0) is 20.3. The second-order valence-corrected chi connectivity index (χ2v) is 7.66. The number of aliphatic imine (C=N–C) groups is 1. The van der Waals surface area contributed by atoms with Crippen molar-refractivity contribution in [2.45, 2.75) is 60.1 Å². The standard InChI is InChI=1S/C21H36N4O2.HI/c1-7-9-19(26)25-17-12-10-16(11-13-17)14-23-20(22-8-2)24-15-18(27-6)21(3,4)5;/h10-13,18H,7-9,14-15H2,1-6H3,(H,25,26)(H2,22,23,24);1H. The highest BCUT2D eigenvalue weighted by Crippen LogP contribution is 2.20. The van der Waals surface area contributed by atoms with E-state index in [0.717, 1.165) is 30.2 Å². The maximum Gasteiger partial charge on any atom is 0.224 e. The molecule has 1 unspecified atom stereocenters. The number of nitrogens with one attached hydrogen (secondary N) is 3. The van der Waals surface area contributed by atoms with Crippen LogP contribution >= 0.6 is 24.0 Å². The summed E-state index contributed by atoms with van der Waals surface area (Å²) in [7, 11) is 1.74. The molecule has 1 atom stereocenters. The van der Waals surface area contributed by atoms with Gasteiger partial charge in [0.2, 0.25) is 5.91 Å². The molecule has 0 radical (unpaired) electrons. The summed E-state index contributed by atoms with van der Waals surface area (Å²) in [4.78, 5) is 16.3. The van der Waals surface area contributed by atoms with E-state index in [4.69, 9.17) is 4.74 Å². The maximum absolute atomic E-state index is 11.6. The number of guanidine groups is 1. The van der Waals surface area contributed by atoms with Crippen LogP contribution in [-0.2, 0) is 16.1 Å². The largest absolute Gasteiger partial charge is 0.379 e. The summed E-state index contributed by atoms with van der Waals surface area (Å²) in [5.41, 5.74) is 1.95. The molecule has 0 saturated carbocycles.